The number of nitrogens with one attached hydrogen (secondary N) is 2. The molecule has 3 aromatic carbocycles. The summed E-state index contributed by atoms with van der Waals surface area (Å²) in [6.07, 6.45) is 1.50. The van der Waals surface area contributed by atoms with Crippen LogP contribution in [0.25, 0.3) is 0 Å². The fraction of sp³-hybridized carbons (Fsp3) is 0.312. The standard InChI is InChI=1S/C32H36Cl2N6O6/c1-32(2)29(40(44)30(42)36-24-13-9-22(33)10-14-24)39(25-15-11-23(34)12-16-25)31(43)38(32)18-6-5-7-28(41)37-35-20-21-8-17-26(45-3)27(19-21)46-4/h8-17,19-20,29,44H,5-7,18H2,1-4H3,(H,36,42)(H,37,41). The second-order valence-corrected chi connectivity index (χ2v) is 11.8. The van der Waals surface area contributed by atoms with Gasteiger partial charge >= 0.3 is 12.1 Å². The summed E-state index contributed by atoms with van der Waals surface area (Å²) in [6.45, 7) is 3.79. The van der Waals surface area contributed by atoms with Crippen LogP contribution in [-0.2, 0) is 4.79 Å². The normalized spacial score (nSPS) is 15.6. The van der Waals surface area contributed by atoms with Crippen molar-refractivity contribution in [3.63, 3.8) is 0 Å². The molecule has 46 heavy (non-hydrogen) atoms. The zero-order valence-corrected chi connectivity index (χ0v) is 27.4. The van der Waals surface area contributed by atoms with E-state index < -0.39 is 23.8 Å². The molecule has 1 aliphatic rings. The Morgan fingerprint density at radius 1 is 0.978 bits per heavy atom. The Morgan fingerprint density at radius 2 is 1.61 bits per heavy atom. The Labute approximate surface area is 277 Å². The molecule has 0 aromatic heterocycles. The second-order valence-electron chi connectivity index (χ2n) is 11.0. The minimum Gasteiger partial charge on any atom is -0.493 e. The molecule has 12 nitrogen and oxygen atoms in total. The first-order chi connectivity index (χ1) is 22.0. The molecule has 1 unspecified atom stereocenters. The van der Waals surface area contributed by atoms with Gasteiger partial charge in [0.25, 0.3) is 0 Å². The number of unbranched alkanes of at least 4 members (excludes halogenated alkanes) is 1. The average Bonchev–Trinajstić information content (AvgIpc) is 3.24. The maximum Gasteiger partial charge on any atom is 0.347 e. The number of amides is 5. The number of rotatable bonds is 12. The van der Waals surface area contributed by atoms with Crippen LogP contribution < -0.4 is 25.1 Å². The summed E-state index contributed by atoms with van der Waals surface area (Å²) >= 11 is 12.0. The lowest BCUT2D eigenvalue weighted by Crippen LogP contribution is -2.58. The summed E-state index contributed by atoms with van der Waals surface area (Å²) in [5.41, 5.74) is 3.04. The molecule has 1 fully saturated rings. The first kappa shape index (κ1) is 34.4. The van der Waals surface area contributed by atoms with Gasteiger partial charge in [-0.15, -0.1) is 0 Å². The van der Waals surface area contributed by atoms with Gasteiger partial charge in [-0.1, -0.05) is 23.2 Å². The number of hydrogen-bond acceptors (Lipinski definition) is 7. The minimum absolute atomic E-state index is 0.172. The van der Waals surface area contributed by atoms with E-state index in [2.05, 4.69) is 15.8 Å². The average molecular weight is 672 g/mol. The van der Waals surface area contributed by atoms with Crippen LogP contribution in [0.5, 0.6) is 11.5 Å². The van der Waals surface area contributed by atoms with Crippen LogP contribution in [0.15, 0.2) is 71.8 Å². The fourth-order valence-corrected chi connectivity index (χ4v) is 5.38. The van der Waals surface area contributed by atoms with Crippen LogP contribution in [-0.4, -0.2) is 71.8 Å². The molecule has 0 spiro atoms. The number of hydroxylamine groups is 2. The van der Waals surface area contributed by atoms with Gasteiger partial charge in [-0.25, -0.2) is 15.0 Å². The van der Waals surface area contributed by atoms with Gasteiger partial charge in [0, 0.05) is 34.4 Å². The number of ether oxygens (including phenoxy) is 2. The van der Waals surface area contributed by atoms with Gasteiger partial charge in [-0.05, 0) is 99.0 Å². The molecular weight excluding hydrogens is 635 g/mol. The number of nitrogens with zero attached hydrogens (tertiary/aromatic N) is 4. The Hall–Kier alpha value is -4.52. The first-order valence-electron chi connectivity index (χ1n) is 14.4. The van der Waals surface area contributed by atoms with Gasteiger partial charge < -0.3 is 19.7 Å². The molecule has 1 heterocycles. The number of carbonyl (C=O) groups excluding carboxylic acids is 3. The van der Waals surface area contributed by atoms with Gasteiger partial charge in [0.05, 0.1) is 26.0 Å². The predicted octanol–water partition coefficient (Wildman–Crippen LogP) is 6.60. The third-order valence-corrected chi connectivity index (χ3v) is 8.00. The zero-order valence-electron chi connectivity index (χ0n) is 25.9. The van der Waals surface area contributed by atoms with Crippen LogP contribution in [0.4, 0.5) is 21.0 Å². The molecule has 1 atom stereocenters. The van der Waals surface area contributed by atoms with Crippen LogP contribution in [0.1, 0.15) is 38.7 Å². The van der Waals surface area contributed by atoms with Crippen LogP contribution in [0.3, 0.4) is 0 Å². The largest absolute Gasteiger partial charge is 0.493 e. The van der Waals surface area contributed by atoms with Crippen molar-refractivity contribution in [3.8, 4) is 11.5 Å². The van der Waals surface area contributed by atoms with Crippen molar-refractivity contribution >= 4 is 58.8 Å². The van der Waals surface area contributed by atoms with Gasteiger partial charge in [0.1, 0.15) is 0 Å². The van der Waals surface area contributed by atoms with Crippen molar-refractivity contribution in [1.29, 1.82) is 0 Å². The summed E-state index contributed by atoms with van der Waals surface area (Å²) in [6, 6.07) is 16.9. The van der Waals surface area contributed by atoms with E-state index in [9.17, 15) is 19.6 Å². The quantitative estimate of drug-likeness (QED) is 0.0860. The van der Waals surface area contributed by atoms with Gasteiger partial charge in [0.15, 0.2) is 17.7 Å². The number of anilines is 2. The van der Waals surface area contributed by atoms with E-state index in [1.54, 1.807) is 92.6 Å². The molecule has 0 aliphatic carbocycles. The lowest BCUT2D eigenvalue weighted by molar-refractivity contribution is -0.121. The minimum atomic E-state index is -1.11. The maximum atomic E-state index is 13.8. The Morgan fingerprint density at radius 3 is 2.24 bits per heavy atom. The van der Waals surface area contributed by atoms with Gasteiger partial charge in [0.2, 0.25) is 5.91 Å². The molecule has 0 radical (unpaired) electrons. The van der Waals surface area contributed by atoms with Crippen molar-refractivity contribution in [2.45, 2.75) is 44.8 Å². The van der Waals surface area contributed by atoms with Gasteiger partial charge in [-0.3, -0.25) is 14.9 Å². The third-order valence-electron chi connectivity index (χ3n) is 7.50. The van der Waals surface area contributed by atoms with E-state index >= 15 is 0 Å². The topological polar surface area (TPSA) is 136 Å². The van der Waals surface area contributed by atoms with E-state index in [1.165, 1.54) is 18.2 Å². The predicted molar refractivity (Wildman–Crippen MR) is 177 cm³/mol. The highest BCUT2D eigenvalue weighted by molar-refractivity contribution is 6.31. The molecule has 0 saturated carbocycles. The number of methoxy groups -OCH3 is 2. The van der Waals surface area contributed by atoms with E-state index in [1.807, 2.05) is 0 Å². The smallest absolute Gasteiger partial charge is 0.347 e. The molecule has 3 N–H and O–H groups in total. The van der Waals surface area contributed by atoms with E-state index in [-0.39, 0.29) is 18.9 Å². The maximum absolute atomic E-state index is 13.8. The van der Waals surface area contributed by atoms with Crippen LogP contribution >= 0.6 is 23.2 Å². The van der Waals surface area contributed by atoms with Gasteiger partial charge in [-0.2, -0.15) is 10.2 Å². The molecule has 5 amide bonds. The SMILES string of the molecule is COc1ccc(C=NNC(=O)CCCCN2C(=O)N(c3ccc(Cl)cc3)C(N(O)C(=O)Nc3ccc(Cl)cc3)C2(C)C)cc1OC. The molecule has 1 saturated heterocycles. The van der Waals surface area contributed by atoms with E-state index in [0.29, 0.717) is 56.4 Å². The Balaban J connectivity index is 1.40. The van der Waals surface area contributed by atoms with E-state index in [0.717, 1.165) is 0 Å². The summed E-state index contributed by atoms with van der Waals surface area (Å²) in [4.78, 5) is 42.4. The number of hydrazone groups is 1. The first-order valence-corrected chi connectivity index (χ1v) is 15.2. The highest BCUT2D eigenvalue weighted by Crippen LogP contribution is 2.38. The molecule has 4 rings (SSSR count). The highest BCUT2D eigenvalue weighted by Gasteiger charge is 2.55. The van der Waals surface area contributed by atoms with Crippen molar-refractivity contribution < 1.29 is 29.1 Å². The van der Waals surface area contributed by atoms with Crippen molar-refractivity contribution in [2.24, 2.45) is 5.10 Å². The summed E-state index contributed by atoms with van der Waals surface area (Å²) in [5, 5.41) is 19.3. The zero-order chi connectivity index (χ0) is 33.4. The number of hydrogen-bond donors (Lipinski definition) is 3. The van der Waals surface area contributed by atoms with Crippen molar-refractivity contribution in [1.82, 2.24) is 15.4 Å². The molecule has 0 bridgehead atoms. The lowest BCUT2D eigenvalue weighted by Gasteiger charge is -2.38. The highest BCUT2D eigenvalue weighted by atomic mass is 35.5. The van der Waals surface area contributed by atoms with Crippen LogP contribution in [0.2, 0.25) is 10.0 Å². The third kappa shape index (κ3) is 8.00. The van der Waals surface area contributed by atoms with E-state index in [4.69, 9.17) is 32.7 Å². The summed E-state index contributed by atoms with van der Waals surface area (Å²) in [7, 11) is 3.08. The molecule has 14 heteroatoms. The summed E-state index contributed by atoms with van der Waals surface area (Å²) in [5.74, 6) is 0.837. The Kier molecular flexibility index (Phi) is 11.3. The number of benzene rings is 3. The summed E-state index contributed by atoms with van der Waals surface area (Å²) < 4.78 is 10.5. The van der Waals surface area contributed by atoms with Crippen molar-refractivity contribution in [2.75, 3.05) is 31.0 Å². The molecular formula is C32H36Cl2N6O6. The second kappa shape index (κ2) is 15.2. The fourth-order valence-electron chi connectivity index (χ4n) is 5.13. The molecule has 1 aliphatic heterocycles. The number of halogens is 2. The number of carbonyl (C=O) groups is 3. The number of urea groups is 2. The molecule has 244 valence electrons. The lowest BCUT2D eigenvalue weighted by atomic mass is 9.99. The van der Waals surface area contributed by atoms with Crippen molar-refractivity contribution in [3.05, 3.63) is 82.3 Å². The Bertz CT molecular complexity index is 1570. The monoisotopic (exact) mass is 670 g/mol. The molecule has 3 aromatic rings. The van der Waals surface area contributed by atoms with Crippen LogP contribution in [0, 0.1) is 0 Å².